The fraction of sp³-hybridized carbons (Fsp3) is 0.567. The molecule has 4 heterocycles. The third-order valence-corrected chi connectivity index (χ3v) is 10.7. The number of ether oxygens (including phenoxy) is 2. The highest BCUT2D eigenvalue weighted by Gasteiger charge is 2.33. The van der Waals surface area contributed by atoms with Gasteiger partial charge in [0.1, 0.15) is 17.2 Å². The van der Waals surface area contributed by atoms with Gasteiger partial charge in [-0.05, 0) is 43.9 Å². The summed E-state index contributed by atoms with van der Waals surface area (Å²) in [5, 5.41) is 5.79. The second-order valence-corrected chi connectivity index (χ2v) is 14.0. The van der Waals surface area contributed by atoms with E-state index in [1.165, 1.54) is 26.2 Å². The number of benzene rings is 1. The molecule has 1 aliphatic carbocycles. The van der Waals surface area contributed by atoms with E-state index in [0.717, 1.165) is 92.6 Å². The van der Waals surface area contributed by atoms with Gasteiger partial charge in [0, 0.05) is 58.3 Å². The molecule has 6 rings (SSSR count). The first-order valence-corrected chi connectivity index (χ1v) is 16.7. The minimum atomic E-state index is -3.83. The molecule has 0 amide bonds. The molecule has 2 saturated heterocycles. The molecule has 0 atom stereocenters. The number of hydrogen-bond acceptors (Lipinski definition) is 9. The van der Waals surface area contributed by atoms with Crippen LogP contribution >= 0.6 is 0 Å². The van der Waals surface area contributed by atoms with Crippen molar-refractivity contribution in [2.45, 2.75) is 50.7 Å². The SMILES string of the molecule is CN(C)S(=O)(=O)CC(=O)c1cc(N2CCC(N3CCOCC3)CC2)c2c(C3CCC3)nn(-c3cccc(OC(F)F)c3)c2n1. The molecule has 2 aliphatic heterocycles. The van der Waals surface area contributed by atoms with Crippen molar-refractivity contribution in [3.8, 4) is 11.4 Å². The number of morpholine rings is 1. The zero-order chi connectivity index (χ0) is 31.0. The number of carbonyl (C=O) groups is 1. The van der Waals surface area contributed by atoms with E-state index in [-0.39, 0.29) is 17.4 Å². The fourth-order valence-electron chi connectivity index (χ4n) is 6.24. The van der Waals surface area contributed by atoms with Crippen molar-refractivity contribution < 1.29 is 31.5 Å². The number of nitrogens with zero attached hydrogens (tertiary/aromatic N) is 6. The molecule has 0 spiro atoms. The summed E-state index contributed by atoms with van der Waals surface area (Å²) >= 11 is 0. The van der Waals surface area contributed by atoms with Crippen LogP contribution in [0.5, 0.6) is 5.75 Å². The van der Waals surface area contributed by atoms with Gasteiger partial charge in [-0.1, -0.05) is 12.5 Å². The molecule has 1 saturated carbocycles. The minimum Gasteiger partial charge on any atom is -0.435 e. The Balaban J connectivity index is 1.45. The number of rotatable bonds is 10. The average Bonchev–Trinajstić information content (AvgIpc) is 3.35. The Kier molecular flexibility index (Phi) is 8.86. The van der Waals surface area contributed by atoms with E-state index in [1.807, 2.05) is 0 Å². The maximum atomic E-state index is 13.5. The predicted molar refractivity (Wildman–Crippen MR) is 162 cm³/mol. The van der Waals surface area contributed by atoms with Gasteiger partial charge in [-0.15, -0.1) is 0 Å². The van der Waals surface area contributed by atoms with Crippen LogP contribution in [-0.4, -0.2) is 110 Å². The lowest BCUT2D eigenvalue weighted by Crippen LogP contribution is -2.49. The molecule has 14 heteroatoms. The first kappa shape index (κ1) is 30.8. The first-order valence-electron chi connectivity index (χ1n) is 15.1. The van der Waals surface area contributed by atoms with E-state index in [9.17, 15) is 22.0 Å². The zero-order valence-corrected chi connectivity index (χ0v) is 25.8. The van der Waals surface area contributed by atoms with Crippen LogP contribution < -0.4 is 9.64 Å². The molecule has 3 aliphatic rings. The van der Waals surface area contributed by atoms with Crippen LogP contribution in [0, 0.1) is 0 Å². The van der Waals surface area contributed by atoms with E-state index in [2.05, 4.69) is 14.5 Å². The van der Waals surface area contributed by atoms with Crippen LogP contribution in [0.15, 0.2) is 30.3 Å². The molecule has 3 aromatic rings. The Labute approximate surface area is 255 Å². The van der Waals surface area contributed by atoms with Gasteiger partial charge in [0.25, 0.3) is 0 Å². The second-order valence-electron chi connectivity index (χ2n) is 11.9. The van der Waals surface area contributed by atoms with Gasteiger partial charge in [-0.3, -0.25) is 9.69 Å². The topological polar surface area (TPSA) is 110 Å². The van der Waals surface area contributed by atoms with Crippen LogP contribution in [0.3, 0.4) is 0 Å². The standard InChI is InChI=1S/C30H38F2N6O5S/c1-35(2)44(40,41)19-26(39)24-18-25(37-11-9-21(10-12-37)36-13-15-42-16-14-36)27-28(20-5-3-6-20)34-38(29(27)33-24)22-7-4-8-23(17-22)43-30(31)32/h4,7-8,17-18,20-21,30H,3,5-6,9-16,19H2,1-2H3. The van der Waals surface area contributed by atoms with E-state index < -0.39 is 28.2 Å². The van der Waals surface area contributed by atoms with Crippen LogP contribution in [-0.2, 0) is 14.8 Å². The number of Topliss-reactive ketones (excluding diaryl/α,β-unsaturated/α-hetero) is 1. The molecule has 0 bridgehead atoms. The molecule has 2 aromatic heterocycles. The van der Waals surface area contributed by atoms with Crippen molar-refractivity contribution in [3.63, 3.8) is 0 Å². The Hall–Kier alpha value is -3.20. The Bertz CT molecular complexity index is 1610. The van der Waals surface area contributed by atoms with E-state index in [4.69, 9.17) is 14.8 Å². The van der Waals surface area contributed by atoms with Crippen molar-refractivity contribution in [1.29, 1.82) is 0 Å². The fourth-order valence-corrected chi connectivity index (χ4v) is 6.97. The lowest BCUT2D eigenvalue weighted by Gasteiger charge is -2.41. The summed E-state index contributed by atoms with van der Waals surface area (Å²) in [5.41, 5.74) is 2.51. The molecule has 0 N–H and O–H groups in total. The normalized spacial score (nSPS) is 19.2. The Morgan fingerprint density at radius 2 is 1.82 bits per heavy atom. The second kappa shape index (κ2) is 12.7. The summed E-state index contributed by atoms with van der Waals surface area (Å²) < 4.78 is 64.2. The summed E-state index contributed by atoms with van der Waals surface area (Å²) in [5.74, 6) is -1.18. The zero-order valence-electron chi connectivity index (χ0n) is 25.0. The van der Waals surface area contributed by atoms with Gasteiger partial charge in [0.05, 0.1) is 35.7 Å². The van der Waals surface area contributed by atoms with E-state index in [0.29, 0.717) is 17.4 Å². The number of pyridine rings is 1. The molecule has 44 heavy (non-hydrogen) atoms. The smallest absolute Gasteiger partial charge is 0.387 e. The quantitative estimate of drug-likeness (QED) is 0.309. The van der Waals surface area contributed by atoms with Gasteiger partial charge < -0.3 is 14.4 Å². The van der Waals surface area contributed by atoms with Crippen molar-refractivity contribution in [2.75, 3.05) is 64.1 Å². The number of alkyl halides is 2. The lowest BCUT2D eigenvalue weighted by molar-refractivity contribution is -0.0498. The number of hydrogen-bond donors (Lipinski definition) is 0. The number of fused-ring (bicyclic) bond motifs is 1. The number of piperidine rings is 1. The largest absolute Gasteiger partial charge is 0.435 e. The highest BCUT2D eigenvalue weighted by atomic mass is 32.2. The number of aromatic nitrogens is 3. The molecule has 238 valence electrons. The third-order valence-electron chi connectivity index (χ3n) is 8.95. The lowest BCUT2D eigenvalue weighted by atomic mass is 9.82. The predicted octanol–water partition coefficient (Wildman–Crippen LogP) is 3.66. The molecule has 3 fully saturated rings. The third kappa shape index (κ3) is 6.30. The Morgan fingerprint density at radius 1 is 1.09 bits per heavy atom. The molecular formula is C30H38F2N6O5S. The minimum absolute atomic E-state index is 0.0227. The van der Waals surface area contributed by atoms with Crippen molar-refractivity contribution in [3.05, 3.63) is 41.7 Å². The maximum absolute atomic E-state index is 13.5. The molecule has 11 nitrogen and oxygen atoms in total. The van der Waals surface area contributed by atoms with E-state index >= 15 is 0 Å². The average molecular weight is 633 g/mol. The summed E-state index contributed by atoms with van der Waals surface area (Å²) in [6.07, 6.45) is 4.86. The Morgan fingerprint density at radius 3 is 2.45 bits per heavy atom. The van der Waals surface area contributed by atoms with Crippen molar-refractivity contribution >= 4 is 32.5 Å². The number of anilines is 1. The molecular weight excluding hydrogens is 594 g/mol. The summed E-state index contributed by atoms with van der Waals surface area (Å²) in [7, 11) is -1.06. The van der Waals surface area contributed by atoms with Gasteiger partial charge in [-0.2, -0.15) is 13.9 Å². The first-order chi connectivity index (χ1) is 21.1. The van der Waals surface area contributed by atoms with Crippen molar-refractivity contribution in [1.82, 2.24) is 24.0 Å². The maximum Gasteiger partial charge on any atom is 0.387 e. The molecule has 0 unspecified atom stereocenters. The highest BCUT2D eigenvalue weighted by molar-refractivity contribution is 7.89. The summed E-state index contributed by atoms with van der Waals surface area (Å²) in [6, 6.07) is 8.37. The van der Waals surface area contributed by atoms with Gasteiger partial charge in [0.2, 0.25) is 10.0 Å². The van der Waals surface area contributed by atoms with Crippen LogP contribution in [0.25, 0.3) is 16.7 Å². The van der Waals surface area contributed by atoms with E-state index in [1.54, 1.807) is 22.9 Å². The van der Waals surface area contributed by atoms with Gasteiger partial charge in [-0.25, -0.2) is 22.4 Å². The van der Waals surface area contributed by atoms with Crippen LogP contribution in [0.4, 0.5) is 14.5 Å². The van der Waals surface area contributed by atoms with Gasteiger partial charge in [0.15, 0.2) is 11.4 Å². The molecule has 0 radical (unpaired) electrons. The van der Waals surface area contributed by atoms with Gasteiger partial charge >= 0.3 is 6.61 Å². The number of sulfonamides is 1. The van der Waals surface area contributed by atoms with Crippen LogP contribution in [0.2, 0.25) is 0 Å². The number of halogens is 2. The number of ketones is 1. The van der Waals surface area contributed by atoms with Crippen LogP contribution in [0.1, 0.15) is 54.2 Å². The van der Waals surface area contributed by atoms with Crippen molar-refractivity contribution in [2.24, 2.45) is 0 Å². The number of carbonyl (C=O) groups excluding carboxylic acids is 1. The summed E-state index contributed by atoms with van der Waals surface area (Å²) in [6.45, 7) is 1.81. The monoisotopic (exact) mass is 632 g/mol. The highest BCUT2D eigenvalue weighted by Crippen LogP contribution is 2.43. The summed E-state index contributed by atoms with van der Waals surface area (Å²) in [4.78, 5) is 23.0. The molecule has 1 aromatic carbocycles.